The fraction of sp³-hybridized carbons (Fsp3) is 0.571. The fourth-order valence-corrected chi connectivity index (χ4v) is 1.92. The van der Waals surface area contributed by atoms with Crippen molar-refractivity contribution < 1.29 is 9.13 Å². The zero-order valence-corrected chi connectivity index (χ0v) is 12.2. The molecule has 0 saturated heterocycles. The lowest BCUT2D eigenvalue weighted by Gasteiger charge is -2.27. The summed E-state index contributed by atoms with van der Waals surface area (Å²) >= 11 is 0. The maximum atomic E-state index is 14.1. The monoisotopic (exact) mass is 269 g/mol. The molecule has 5 heteroatoms. The predicted molar refractivity (Wildman–Crippen MR) is 78.4 cm³/mol. The van der Waals surface area contributed by atoms with Crippen LogP contribution in [0, 0.1) is 5.82 Å². The Morgan fingerprint density at radius 3 is 2.42 bits per heavy atom. The van der Waals surface area contributed by atoms with E-state index in [0.29, 0.717) is 17.1 Å². The Bertz CT molecular complexity index is 410. The molecule has 0 radical (unpaired) electrons. The number of benzene rings is 1. The van der Waals surface area contributed by atoms with Gasteiger partial charge < -0.3 is 20.3 Å². The molecule has 0 heterocycles. The molecule has 0 atom stereocenters. The number of hydrogen-bond acceptors (Lipinski definition) is 4. The lowest BCUT2D eigenvalue weighted by molar-refractivity contribution is 0.409. The summed E-state index contributed by atoms with van der Waals surface area (Å²) < 4.78 is 19.2. The Hall–Kier alpha value is -1.49. The van der Waals surface area contributed by atoms with E-state index in [2.05, 4.69) is 11.8 Å². The Morgan fingerprint density at radius 1 is 1.21 bits per heavy atom. The van der Waals surface area contributed by atoms with Crippen LogP contribution >= 0.6 is 0 Å². The highest BCUT2D eigenvalue weighted by Gasteiger charge is 2.14. The van der Waals surface area contributed by atoms with Crippen LogP contribution in [-0.2, 0) is 0 Å². The minimum Gasteiger partial charge on any atom is -0.495 e. The quantitative estimate of drug-likeness (QED) is 0.771. The highest BCUT2D eigenvalue weighted by atomic mass is 19.1. The number of nitrogen functional groups attached to an aromatic ring is 1. The van der Waals surface area contributed by atoms with Gasteiger partial charge in [0.05, 0.1) is 18.5 Å². The molecule has 0 aliphatic rings. The molecule has 2 N–H and O–H groups in total. The first kappa shape index (κ1) is 15.6. The van der Waals surface area contributed by atoms with Gasteiger partial charge in [-0.15, -0.1) is 0 Å². The molecule has 0 aliphatic carbocycles. The van der Waals surface area contributed by atoms with Crippen LogP contribution in [0.1, 0.15) is 13.3 Å². The van der Waals surface area contributed by atoms with Gasteiger partial charge in [0.15, 0.2) is 0 Å². The molecule has 0 spiro atoms. The average molecular weight is 269 g/mol. The minimum absolute atomic E-state index is 0.300. The molecule has 4 nitrogen and oxygen atoms in total. The summed E-state index contributed by atoms with van der Waals surface area (Å²) in [5.41, 5.74) is 6.58. The summed E-state index contributed by atoms with van der Waals surface area (Å²) in [6.07, 6.45) is 0.958. The number of nitrogens with zero attached hydrogens (tertiary/aromatic N) is 2. The van der Waals surface area contributed by atoms with E-state index >= 15 is 0 Å². The number of likely N-dealkylation sites (N-methyl/N-ethyl adjacent to an activating group) is 1. The van der Waals surface area contributed by atoms with Crippen molar-refractivity contribution in [3.8, 4) is 5.75 Å². The number of methoxy groups -OCH3 is 1. The average Bonchev–Trinajstić information content (AvgIpc) is 2.35. The van der Waals surface area contributed by atoms with Crippen molar-refractivity contribution in [2.24, 2.45) is 0 Å². The van der Waals surface area contributed by atoms with Crippen LogP contribution in [0.4, 0.5) is 15.8 Å². The van der Waals surface area contributed by atoms with Crippen molar-refractivity contribution in [1.82, 2.24) is 4.90 Å². The number of rotatable bonds is 7. The summed E-state index contributed by atoms with van der Waals surface area (Å²) in [5.74, 6) is 0.216. The molecule has 0 amide bonds. The zero-order chi connectivity index (χ0) is 14.4. The molecular formula is C14H24FN3O. The van der Waals surface area contributed by atoms with Crippen LogP contribution in [0.5, 0.6) is 5.75 Å². The van der Waals surface area contributed by atoms with Crippen molar-refractivity contribution >= 4 is 11.4 Å². The highest BCUT2D eigenvalue weighted by molar-refractivity contribution is 5.63. The molecule has 0 bridgehead atoms. The van der Waals surface area contributed by atoms with Crippen molar-refractivity contribution in [3.05, 3.63) is 17.9 Å². The first-order valence-corrected chi connectivity index (χ1v) is 6.52. The second-order valence-corrected chi connectivity index (χ2v) is 4.84. The number of nitrogens with two attached hydrogens (primary N) is 1. The lowest BCUT2D eigenvalue weighted by atomic mass is 10.2. The van der Waals surface area contributed by atoms with E-state index in [4.69, 9.17) is 10.5 Å². The molecule has 108 valence electrons. The van der Waals surface area contributed by atoms with Crippen molar-refractivity contribution in [1.29, 1.82) is 0 Å². The van der Waals surface area contributed by atoms with Crippen molar-refractivity contribution in [2.75, 3.05) is 51.5 Å². The third-order valence-corrected chi connectivity index (χ3v) is 2.95. The summed E-state index contributed by atoms with van der Waals surface area (Å²) in [6.45, 7) is 4.52. The molecule has 1 aromatic carbocycles. The van der Waals surface area contributed by atoms with E-state index in [-0.39, 0.29) is 5.82 Å². The van der Waals surface area contributed by atoms with Gasteiger partial charge >= 0.3 is 0 Å². The molecule has 0 fully saturated rings. The molecule has 1 aromatic rings. The van der Waals surface area contributed by atoms with Crippen LogP contribution in [0.3, 0.4) is 0 Å². The van der Waals surface area contributed by atoms with E-state index in [1.54, 1.807) is 6.07 Å². The van der Waals surface area contributed by atoms with Crippen LogP contribution in [0.25, 0.3) is 0 Å². The molecule has 19 heavy (non-hydrogen) atoms. The SMILES string of the molecule is CCCN(CCN(C)C)c1cc(OC)c(N)cc1F. The maximum absolute atomic E-state index is 14.1. The molecule has 1 rings (SSSR count). The lowest BCUT2D eigenvalue weighted by Crippen LogP contribution is -2.33. The Morgan fingerprint density at radius 2 is 1.89 bits per heavy atom. The Kier molecular flexibility index (Phi) is 5.89. The minimum atomic E-state index is -0.300. The number of ether oxygens (including phenoxy) is 1. The molecular weight excluding hydrogens is 245 g/mol. The summed E-state index contributed by atoms with van der Waals surface area (Å²) in [5, 5.41) is 0. The van der Waals surface area contributed by atoms with Gasteiger partial charge in [0.1, 0.15) is 11.6 Å². The molecule has 0 aliphatic heterocycles. The molecule has 0 aromatic heterocycles. The first-order chi connectivity index (χ1) is 8.99. The van der Waals surface area contributed by atoms with Gasteiger partial charge in [0.25, 0.3) is 0 Å². The van der Waals surface area contributed by atoms with E-state index in [1.807, 2.05) is 19.0 Å². The van der Waals surface area contributed by atoms with Crippen LogP contribution in [0.15, 0.2) is 12.1 Å². The first-order valence-electron chi connectivity index (χ1n) is 6.52. The number of halogens is 1. The zero-order valence-electron chi connectivity index (χ0n) is 12.2. The predicted octanol–water partition coefficient (Wildman–Crippen LogP) is 2.19. The summed E-state index contributed by atoms with van der Waals surface area (Å²) in [4.78, 5) is 4.10. The number of hydrogen-bond donors (Lipinski definition) is 1. The topological polar surface area (TPSA) is 41.7 Å². The van der Waals surface area contributed by atoms with Gasteiger partial charge in [-0.3, -0.25) is 0 Å². The molecule has 0 saturated carbocycles. The normalized spacial score (nSPS) is 10.8. The molecule has 0 unspecified atom stereocenters. The Balaban J connectivity index is 3.00. The van der Waals surface area contributed by atoms with Gasteiger partial charge in [-0.2, -0.15) is 0 Å². The fourth-order valence-electron chi connectivity index (χ4n) is 1.92. The smallest absolute Gasteiger partial charge is 0.148 e. The van der Waals surface area contributed by atoms with E-state index in [9.17, 15) is 4.39 Å². The van der Waals surface area contributed by atoms with Gasteiger partial charge in [-0.1, -0.05) is 6.92 Å². The highest BCUT2D eigenvalue weighted by Crippen LogP contribution is 2.30. The summed E-state index contributed by atoms with van der Waals surface area (Å²) in [6, 6.07) is 3.00. The van der Waals surface area contributed by atoms with E-state index < -0.39 is 0 Å². The van der Waals surface area contributed by atoms with Gasteiger partial charge in [0, 0.05) is 31.8 Å². The third-order valence-electron chi connectivity index (χ3n) is 2.95. The van der Waals surface area contributed by atoms with Crippen molar-refractivity contribution in [2.45, 2.75) is 13.3 Å². The third kappa shape index (κ3) is 4.28. The van der Waals surface area contributed by atoms with Crippen LogP contribution in [0.2, 0.25) is 0 Å². The second-order valence-electron chi connectivity index (χ2n) is 4.84. The second kappa shape index (κ2) is 7.19. The van der Waals surface area contributed by atoms with Gasteiger partial charge in [-0.05, 0) is 20.5 Å². The summed E-state index contributed by atoms with van der Waals surface area (Å²) in [7, 11) is 5.55. The largest absolute Gasteiger partial charge is 0.495 e. The Labute approximate surface area is 114 Å². The van der Waals surface area contributed by atoms with Crippen molar-refractivity contribution in [3.63, 3.8) is 0 Å². The van der Waals surface area contributed by atoms with Crippen LogP contribution in [-0.4, -0.2) is 45.7 Å². The van der Waals surface area contributed by atoms with E-state index in [0.717, 1.165) is 26.1 Å². The van der Waals surface area contributed by atoms with Gasteiger partial charge in [0.2, 0.25) is 0 Å². The van der Waals surface area contributed by atoms with Crippen LogP contribution < -0.4 is 15.4 Å². The standard InChI is InChI=1S/C14H24FN3O/c1-5-6-18(8-7-17(2)3)13-10-14(19-4)12(16)9-11(13)15/h9-10H,5-8,16H2,1-4H3. The maximum Gasteiger partial charge on any atom is 0.148 e. The van der Waals surface area contributed by atoms with Gasteiger partial charge in [-0.25, -0.2) is 4.39 Å². The van der Waals surface area contributed by atoms with E-state index in [1.165, 1.54) is 13.2 Å². The number of anilines is 2.